The van der Waals surface area contributed by atoms with Gasteiger partial charge in [0.15, 0.2) is 11.0 Å². The van der Waals surface area contributed by atoms with Gasteiger partial charge in [-0.15, -0.1) is 5.10 Å². The van der Waals surface area contributed by atoms with E-state index in [0.717, 1.165) is 16.2 Å². The summed E-state index contributed by atoms with van der Waals surface area (Å²) in [5.41, 5.74) is 4.27. The number of fused-ring (bicyclic) bond motifs is 1. The van der Waals surface area contributed by atoms with Crippen LogP contribution in [0.1, 0.15) is 23.9 Å². The number of carbonyl (C=O) groups is 1. The van der Waals surface area contributed by atoms with Gasteiger partial charge in [0.1, 0.15) is 12.0 Å². The quantitative estimate of drug-likeness (QED) is 0.322. The number of aromatic amines is 1. The van der Waals surface area contributed by atoms with Crippen molar-refractivity contribution in [2.45, 2.75) is 18.9 Å². The Bertz CT molecular complexity index is 1760. The Labute approximate surface area is 230 Å². The molecule has 5 heterocycles. The highest BCUT2D eigenvalue weighted by atomic mass is 35.5. The number of hydrogen-bond acceptors (Lipinski definition) is 7. The van der Waals surface area contributed by atoms with Crippen molar-refractivity contribution in [2.75, 3.05) is 11.9 Å². The Hall–Kier alpha value is -4.55. The van der Waals surface area contributed by atoms with Crippen LogP contribution in [0.5, 0.6) is 0 Å². The second-order valence-corrected chi connectivity index (χ2v) is 9.74. The van der Waals surface area contributed by atoms with Gasteiger partial charge in [-0.1, -0.05) is 23.2 Å². The average molecular weight is 564 g/mol. The van der Waals surface area contributed by atoms with Crippen LogP contribution in [0.4, 0.5) is 10.5 Å². The highest BCUT2D eigenvalue weighted by Crippen LogP contribution is 2.37. The Balaban J connectivity index is 1.35. The second kappa shape index (κ2) is 9.64. The molecule has 2 N–H and O–H groups in total. The summed E-state index contributed by atoms with van der Waals surface area (Å²) in [4.78, 5) is 37.7. The third-order valence-corrected chi connectivity index (χ3v) is 7.21. The van der Waals surface area contributed by atoms with E-state index in [9.17, 15) is 9.59 Å². The summed E-state index contributed by atoms with van der Waals surface area (Å²) in [6.07, 6.45) is 3.12. The third-order valence-electron chi connectivity index (χ3n) is 6.68. The van der Waals surface area contributed by atoms with Crippen LogP contribution in [-0.4, -0.2) is 58.0 Å². The number of H-pyrrole nitrogens is 1. The number of anilines is 1. The normalized spacial score (nSPS) is 14.4. The lowest BCUT2D eigenvalue weighted by Gasteiger charge is -2.15. The van der Waals surface area contributed by atoms with Gasteiger partial charge >= 0.3 is 6.09 Å². The fourth-order valence-corrected chi connectivity index (χ4v) is 5.21. The zero-order valence-electron chi connectivity index (χ0n) is 20.3. The van der Waals surface area contributed by atoms with E-state index < -0.39 is 6.09 Å². The molecule has 1 aliphatic heterocycles. The van der Waals surface area contributed by atoms with Gasteiger partial charge in [0.05, 0.1) is 29.3 Å². The summed E-state index contributed by atoms with van der Waals surface area (Å²) < 4.78 is 3.23. The van der Waals surface area contributed by atoms with E-state index >= 15 is 0 Å². The number of tetrazole rings is 1. The molecule has 14 heteroatoms. The van der Waals surface area contributed by atoms with Crippen molar-refractivity contribution >= 4 is 35.0 Å². The van der Waals surface area contributed by atoms with Gasteiger partial charge in [-0.3, -0.25) is 14.7 Å². The number of aromatic nitrogens is 8. The Kier molecular flexibility index (Phi) is 6.12. The molecule has 1 amide bonds. The summed E-state index contributed by atoms with van der Waals surface area (Å²) in [5.74, 6) is 0.419. The molecule has 6 rings (SSSR count). The van der Waals surface area contributed by atoms with E-state index in [4.69, 9.17) is 28.3 Å². The summed E-state index contributed by atoms with van der Waals surface area (Å²) >= 11 is 12.8. The molecule has 1 aromatic carbocycles. The fourth-order valence-electron chi connectivity index (χ4n) is 4.78. The van der Waals surface area contributed by atoms with Crippen LogP contribution >= 0.6 is 23.2 Å². The molecule has 1 aliphatic rings. The molecule has 196 valence electrons. The van der Waals surface area contributed by atoms with Gasteiger partial charge in [-0.2, -0.15) is 4.68 Å². The van der Waals surface area contributed by atoms with Crippen molar-refractivity contribution in [1.29, 1.82) is 0 Å². The smallest absolute Gasteiger partial charge is 0.411 e. The number of nitrogens with one attached hydrogen (secondary N) is 1. The van der Waals surface area contributed by atoms with Crippen LogP contribution in [0.25, 0.3) is 28.3 Å². The van der Waals surface area contributed by atoms with Crippen LogP contribution in [0.15, 0.2) is 59.8 Å². The number of aryl methyl sites for hydroxylation is 1. The number of benzene rings is 1. The highest BCUT2D eigenvalue weighted by molar-refractivity contribution is 6.31. The van der Waals surface area contributed by atoms with E-state index in [1.54, 1.807) is 41.0 Å². The van der Waals surface area contributed by atoms with Gasteiger partial charge in [0, 0.05) is 29.4 Å². The topological polar surface area (TPSA) is 148 Å². The summed E-state index contributed by atoms with van der Waals surface area (Å²) in [7, 11) is 1.43. The molecular weight excluding hydrogens is 545 g/mol. The van der Waals surface area contributed by atoms with E-state index in [1.807, 2.05) is 6.07 Å². The minimum atomic E-state index is -1.09. The van der Waals surface area contributed by atoms with Crippen LogP contribution in [0.3, 0.4) is 0 Å². The zero-order valence-corrected chi connectivity index (χ0v) is 21.8. The molecule has 39 heavy (non-hydrogen) atoms. The predicted octanol–water partition coefficient (Wildman–Crippen LogP) is 4.23. The predicted molar refractivity (Wildman–Crippen MR) is 144 cm³/mol. The second-order valence-electron chi connectivity index (χ2n) is 8.95. The van der Waals surface area contributed by atoms with Gasteiger partial charge < -0.3 is 14.7 Å². The van der Waals surface area contributed by atoms with Gasteiger partial charge in [0.25, 0.3) is 5.56 Å². The lowest BCUT2D eigenvalue weighted by molar-refractivity contribution is 0.203. The SMILES string of the molecule is CN(C(=O)O)c1ccc(-c2nc(Cl)c([C@@H]3CCc4cc(-c5cc(Cl)ccc5-n5cnnn5)cc(=O)n43)[nH]2)nc1. The van der Waals surface area contributed by atoms with Crippen molar-refractivity contribution < 1.29 is 9.90 Å². The van der Waals surface area contributed by atoms with Crippen LogP contribution in [0, 0.1) is 0 Å². The number of rotatable bonds is 5. The first-order valence-corrected chi connectivity index (χ1v) is 12.5. The van der Waals surface area contributed by atoms with Gasteiger partial charge in [-0.05, 0) is 65.2 Å². The Morgan fingerprint density at radius 3 is 2.74 bits per heavy atom. The number of halogens is 2. The molecule has 4 aromatic heterocycles. The zero-order chi connectivity index (χ0) is 27.3. The molecule has 0 saturated heterocycles. The average Bonchev–Trinajstić information content (AvgIpc) is 3.68. The Morgan fingerprint density at radius 2 is 2.03 bits per heavy atom. The first-order valence-electron chi connectivity index (χ1n) is 11.8. The number of hydrogen-bond donors (Lipinski definition) is 2. The first-order chi connectivity index (χ1) is 18.8. The Morgan fingerprint density at radius 1 is 1.18 bits per heavy atom. The number of carboxylic acid groups (broad SMARTS) is 1. The highest BCUT2D eigenvalue weighted by Gasteiger charge is 2.30. The summed E-state index contributed by atoms with van der Waals surface area (Å²) in [6.45, 7) is 0. The lowest BCUT2D eigenvalue weighted by atomic mass is 10.0. The third kappa shape index (κ3) is 4.43. The molecular formula is C25H19Cl2N9O3. The standard InChI is InChI=1S/C25H19Cl2N9O3/c1-34(25(38)39)16-3-5-18(28-11-16)24-30-22(23(27)31-24)20-7-4-15-8-13(9-21(37)36(15)20)17-10-14(26)2-6-19(17)35-12-29-32-33-35/h2-3,5-6,8-12,20H,4,7H2,1H3,(H,30,31)(H,38,39)/t20-/m0/s1. The van der Waals surface area contributed by atoms with Crippen molar-refractivity contribution in [3.63, 3.8) is 0 Å². The van der Waals surface area contributed by atoms with Crippen molar-refractivity contribution in [2.24, 2.45) is 0 Å². The molecule has 0 bridgehead atoms. The molecule has 0 aliphatic carbocycles. The monoisotopic (exact) mass is 563 g/mol. The van der Waals surface area contributed by atoms with Crippen molar-refractivity contribution in [1.82, 2.24) is 39.7 Å². The molecule has 12 nitrogen and oxygen atoms in total. The van der Waals surface area contributed by atoms with E-state index in [2.05, 4.69) is 30.5 Å². The molecule has 5 aromatic rings. The van der Waals surface area contributed by atoms with Crippen LogP contribution in [0.2, 0.25) is 10.2 Å². The minimum Gasteiger partial charge on any atom is -0.465 e. The molecule has 1 atom stereocenters. The van der Waals surface area contributed by atoms with Crippen LogP contribution < -0.4 is 10.5 Å². The summed E-state index contributed by atoms with van der Waals surface area (Å²) in [6, 6.07) is 11.8. The molecule has 0 spiro atoms. The van der Waals surface area contributed by atoms with Crippen LogP contribution in [-0.2, 0) is 6.42 Å². The van der Waals surface area contributed by atoms with Gasteiger partial charge in [0.2, 0.25) is 0 Å². The molecule has 0 radical (unpaired) electrons. The van der Waals surface area contributed by atoms with Crippen molar-refractivity contribution in [3.8, 4) is 28.3 Å². The van der Waals surface area contributed by atoms with Crippen molar-refractivity contribution in [3.05, 3.63) is 86.9 Å². The minimum absolute atomic E-state index is 0.195. The van der Waals surface area contributed by atoms with E-state index in [0.29, 0.717) is 52.0 Å². The lowest BCUT2D eigenvalue weighted by Crippen LogP contribution is -2.23. The molecule has 0 saturated carbocycles. The van der Waals surface area contributed by atoms with Gasteiger partial charge in [-0.25, -0.2) is 9.78 Å². The maximum absolute atomic E-state index is 13.5. The molecule has 0 fully saturated rings. The molecule has 0 unspecified atom stereocenters. The largest absolute Gasteiger partial charge is 0.465 e. The number of pyridine rings is 2. The van der Waals surface area contributed by atoms with E-state index in [-0.39, 0.29) is 16.8 Å². The maximum Gasteiger partial charge on any atom is 0.411 e. The van der Waals surface area contributed by atoms with E-state index in [1.165, 1.54) is 24.3 Å². The summed E-state index contributed by atoms with van der Waals surface area (Å²) in [5, 5.41) is 21.3. The number of amides is 1. The fraction of sp³-hybridized carbons (Fsp3) is 0.160. The number of imidazole rings is 1. The maximum atomic E-state index is 13.5. The number of nitrogens with zero attached hydrogens (tertiary/aromatic N) is 8. The first kappa shape index (κ1) is 24.8.